The molecule has 1 aromatic carbocycles. The van der Waals surface area contributed by atoms with Crippen molar-refractivity contribution in [3.8, 4) is 0 Å². The second-order valence-corrected chi connectivity index (χ2v) is 6.67. The average Bonchev–Trinajstić information content (AvgIpc) is 2.39. The lowest BCUT2D eigenvalue weighted by Crippen LogP contribution is -2.14. The maximum Gasteiger partial charge on any atom is 0.255 e. The van der Waals surface area contributed by atoms with Gasteiger partial charge in [-0.05, 0) is 37.3 Å². The number of pyridine rings is 1. The first kappa shape index (κ1) is 15.0. The van der Waals surface area contributed by atoms with Gasteiger partial charge in [-0.15, -0.1) is 0 Å². The third kappa shape index (κ3) is 3.57. The Morgan fingerprint density at radius 2 is 2.00 bits per heavy atom. The van der Waals surface area contributed by atoms with E-state index in [4.69, 9.17) is 5.73 Å². The number of carbonyl (C=O) groups excluding carboxylic acids is 1. The maximum atomic E-state index is 12.2. The van der Waals surface area contributed by atoms with Gasteiger partial charge >= 0.3 is 0 Å². The Morgan fingerprint density at radius 1 is 1.29 bits per heavy atom. The third-order valence-electron chi connectivity index (χ3n) is 2.87. The minimum atomic E-state index is -3.43. The zero-order chi connectivity index (χ0) is 15.6. The molecule has 21 heavy (non-hydrogen) atoms. The third-order valence-corrected chi connectivity index (χ3v) is 3.97. The lowest BCUT2D eigenvalue weighted by Gasteiger charge is -2.09. The lowest BCUT2D eigenvalue weighted by molar-refractivity contribution is 0.102. The van der Waals surface area contributed by atoms with Crippen LogP contribution in [0.4, 0.5) is 11.4 Å². The number of sulfone groups is 1. The molecule has 0 saturated heterocycles. The molecule has 0 fully saturated rings. The van der Waals surface area contributed by atoms with Crippen LogP contribution in [0.2, 0.25) is 0 Å². The Labute approximate surface area is 122 Å². The minimum absolute atomic E-state index is 0.00978. The molecule has 0 spiro atoms. The molecule has 0 atom stereocenters. The van der Waals surface area contributed by atoms with Crippen LogP contribution in [-0.4, -0.2) is 25.6 Å². The second kappa shape index (κ2) is 5.53. The van der Waals surface area contributed by atoms with Crippen molar-refractivity contribution in [3.05, 3.63) is 47.8 Å². The first-order chi connectivity index (χ1) is 9.77. The number of nitrogens with zero attached hydrogens (tertiary/aromatic N) is 1. The van der Waals surface area contributed by atoms with E-state index in [-0.39, 0.29) is 16.1 Å². The number of hydrogen-bond acceptors (Lipinski definition) is 5. The molecule has 1 heterocycles. The summed E-state index contributed by atoms with van der Waals surface area (Å²) in [6.45, 7) is 1.76. The quantitative estimate of drug-likeness (QED) is 0.839. The smallest absolute Gasteiger partial charge is 0.255 e. The maximum absolute atomic E-state index is 12.2. The average molecular weight is 305 g/mol. The SMILES string of the molecule is Cc1ncccc1NC(=O)c1cc(N)cc(S(C)(=O)=O)c1. The molecular formula is C14H15N3O3S. The van der Waals surface area contributed by atoms with Crippen LogP contribution in [0.15, 0.2) is 41.4 Å². The Hall–Kier alpha value is -2.41. The monoisotopic (exact) mass is 305 g/mol. The Balaban J connectivity index is 2.36. The van der Waals surface area contributed by atoms with Gasteiger partial charge in [-0.3, -0.25) is 9.78 Å². The van der Waals surface area contributed by atoms with Gasteiger partial charge in [0.2, 0.25) is 0 Å². The zero-order valence-electron chi connectivity index (χ0n) is 11.6. The molecule has 0 aliphatic carbocycles. The van der Waals surface area contributed by atoms with Crippen LogP contribution in [-0.2, 0) is 9.84 Å². The Kier molecular flexibility index (Phi) is 3.95. The first-order valence-electron chi connectivity index (χ1n) is 6.11. The van der Waals surface area contributed by atoms with Gasteiger partial charge in [0.1, 0.15) is 0 Å². The van der Waals surface area contributed by atoms with Gasteiger partial charge in [-0.1, -0.05) is 0 Å². The van der Waals surface area contributed by atoms with Crippen molar-refractivity contribution in [2.24, 2.45) is 0 Å². The van der Waals surface area contributed by atoms with Gasteiger partial charge in [-0.25, -0.2) is 8.42 Å². The number of amides is 1. The normalized spacial score (nSPS) is 11.1. The van der Waals surface area contributed by atoms with E-state index >= 15 is 0 Å². The summed E-state index contributed by atoms with van der Waals surface area (Å²) in [5, 5.41) is 2.68. The number of aromatic nitrogens is 1. The van der Waals surface area contributed by atoms with Crippen LogP contribution < -0.4 is 11.1 Å². The number of anilines is 2. The van der Waals surface area contributed by atoms with Gasteiger partial charge < -0.3 is 11.1 Å². The molecule has 2 aromatic rings. The molecule has 2 rings (SSSR count). The van der Waals surface area contributed by atoms with E-state index in [1.807, 2.05) is 0 Å². The molecule has 0 aliphatic heterocycles. The van der Waals surface area contributed by atoms with Crippen molar-refractivity contribution >= 4 is 27.1 Å². The van der Waals surface area contributed by atoms with Gasteiger partial charge in [-0.2, -0.15) is 0 Å². The number of nitrogen functional groups attached to an aromatic ring is 1. The van der Waals surface area contributed by atoms with E-state index < -0.39 is 15.7 Å². The number of nitrogens with one attached hydrogen (secondary N) is 1. The highest BCUT2D eigenvalue weighted by Crippen LogP contribution is 2.19. The number of carbonyl (C=O) groups is 1. The topological polar surface area (TPSA) is 102 Å². The van der Waals surface area contributed by atoms with Crippen molar-refractivity contribution < 1.29 is 13.2 Å². The van der Waals surface area contributed by atoms with Crippen LogP contribution in [0.3, 0.4) is 0 Å². The first-order valence-corrected chi connectivity index (χ1v) is 8.00. The summed E-state index contributed by atoms with van der Waals surface area (Å²) in [7, 11) is -3.43. The highest BCUT2D eigenvalue weighted by atomic mass is 32.2. The zero-order valence-corrected chi connectivity index (χ0v) is 12.4. The largest absolute Gasteiger partial charge is 0.399 e. The van der Waals surface area contributed by atoms with E-state index in [2.05, 4.69) is 10.3 Å². The molecule has 0 saturated carbocycles. The summed E-state index contributed by atoms with van der Waals surface area (Å²) < 4.78 is 23.2. The fraction of sp³-hybridized carbons (Fsp3) is 0.143. The molecule has 1 aromatic heterocycles. The Bertz CT molecular complexity index is 801. The summed E-state index contributed by atoms with van der Waals surface area (Å²) in [6.07, 6.45) is 2.68. The predicted molar refractivity (Wildman–Crippen MR) is 80.9 cm³/mol. The standard InChI is InChI=1S/C14H15N3O3S/c1-9-13(4-3-5-16-9)17-14(18)10-6-11(15)8-12(7-10)21(2,19)20/h3-8H,15H2,1-2H3,(H,17,18). The van der Waals surface area contributed by atoms with E-state index in [1.165, 1.54) is 18.2 Å². The Morgan fingerprint density at radius 3 is 2.62 bits per heavy atom. The summed E-state index contributed by atoms with van der Waals surface area (Å²) in [5.74, 6) is -0.441. The number of benzene rings is 1. The summed E-state index contributed by atoms with van der Waals surface area (Å²) in [4.78, 5) is 16.3. The van der Waals surface area contributed by atoms with E-state index in [9.17, 15) is 13.2 Å². The van der Waals surface area contributed by atoms with Crippen LogP contribution >= 0.6 is 0 Å². The summed E-state index contributed by atoms with van der Waals surface area (Å²) in [5.41, 5.74) is 7.28. The van der Waals surface area contributed by atoms with Gasteiger partial charge in [0.15, 0.2) is 9.84 Å². The molecular weight excluding hydrogens is 290 g/mol. The van der Waals surface area contributed by atoms with Crippen LogP contribution in [0.5, 0.6) is 0 Å². The second-order valence-electron chi connectivity index (χ2n) is 4.65. The molecule has 110 valence electrons. The number of rotatable bonds is 3. The van der Waals surface area contributed by atoms with Gasteiger partial charge in [0.25, 0.3) is 5.91 Å². The van der Waals surface area contributed by atoms with E-state index in [1.54, 1.807) is 25.3 Å². The van der Waals surface area contributed by atoms with Crippen molar-refractivity contribution in [3.63, 3.8) is 0 Å². The highest BCUT2D eigenvalue weighted by molar-refractivity contribution is 7.90. The molecule has 1 amide bonds. The van der Waals surface area contributed by atoms with E-state index in [0.29, 0.717) is 11.4 Å². The molecule has 0 radical (unpaired) electrons. The van der Waals surface area contributed by atoms with Crippen molar-refractivity contribution in [1.29, 1.82) is 0 Å². The molecule has 3 N–H and O–H groups in total. The number of aryl methyl sites for hydroxylation is 1. The van der Waals surface area contributed by atoms with Crippen LogP contribution in [0.25, 0.3) is 0 Å². The van der Waals surface area contributed by atoms with Crippen molar-refractivity contribution in [1.82, 2.24) is 4.98 Å². The highest BCUT2D eigenvalue weighted by Gasteiger charge is 2.14. The molecule has 0 unspecified atom stereocenters. The molecule has 0 bridgehead atoms. The van der Waals surface area contributed by atoms with E-state index in [0.717, 1.165) is 6.26 Å². The predicted octanol–water partition coefficient (Wildman–Crippen LogP) is 1.63. The minimum Gasteiger partial charge on any atom is -0.399 e. The summed E-state index contributed by atoms with van der Waals surface area (Å²) >= 11 is 0. The van der Waals surface area contributed by atoms with Crippen LogP contribution in [0, 0.1) is 6.92 Å². The van der Waals surface area contributed by atoms with Crippen LogP contribution in [0.1, 0.15) is 16.1 Å². The van der Waals surface area contributed by atoms with Crippen molar-refractivity contribution in [2.75, 3.05) is 17.3 Å². The number of hydrogen-bond donors (Lipinski definition) is 2. The van der Waals surface area contributed by atoms with Gasteiger partial charge in [0.05, 0.1) is 16.3 Å². The number of nitrogens with two attached hydrogens (primary N) is 1. The fourth-order valence-corrected chi connectivity index (χ4v) is 2.47. The fourth-order valence-electron chi connectivity index (χ4n) is 1.78. The van der Waals surface area contributed by atoms with Crippen molar-refractivity contribution in [2.45, 2.75) is 11.8 Å². The summed E-state index contributed by atoms with van der Waals surface area (Å²) in [6, 6.07) is 7.46. The molecule has 7 heteroatoms. The molecule has 0 aliphatic rings. The molecule has 6 nitrogen and oxygen atoms in total. The lowest BCUT2D eigenvalue weighted by atomic mass is 10.2. The van der Waals surface area contributed by atoms with Gasteiger partial charge in [0, 0.05) is 23.7 Å².